The fourth-order valence-electron chi connectivity index (χ4n) is 0.877. The van der Waals surface area contributed by atoms with Gasteiger partial charge in [-0.15, -0.1) is 0 Å². The van der Waals surface area contributed by atoms with Gasteiger partial charge in [-0.05, 0) is 6.92 Å². The lowest BCUT2D eigenvalue weighted by Crippen LogP contribution is -2.31. The molecule has 1 N–H and O–H groups in total. The number of nitrogens with zero attached hydrogens (tertiary/aromatic N) is 3. The molecule has 0 aliphatic heterocycles. The average molecular weight is 208 g/mol. The molecule has 1 aromatic rings. The average Bonchev–Trinajstić information content (AvgIpc) is 2.22. The number of nitrogens with one attached hydrogen (secondary N) is 1. The Morgan fingerprint density at radius 3 is 3.07 bits per heavy atom. The molecule has 15 heavy (non-hydrogen) atoms. The molecule has 0 radical (unpaired) electrons. The minimum Gasteiger partial charge on any atom is -0.449 e. The Balaban J connectivity index is 3.05. The Hall–Kier alpha value is -2.36. The first-order valence-corrected chi connectivity index (χ1v) is 4.10. The highest BCUT2D eigenvalue weighted by Gasteiger charge is 2.19. The minimum atomic E-state index is -0.904. The lowest BCUT2D eigenvalue weighted by atomic mass is 10.5. The number of hydrogen-bond acceptors (Lipinski definition) is 5. The third-order valence-electron chi connectivity index (χ3n) is 1.49. The Bertz CT molecular complexity index is 448. The van der Waals surface area contributed by atoms with Gasteiger partial charge in [0.2, 0.25) is 0 Å². The van der Waals surface area contributed by atoms with E-state index >= 15 is 0 Å². The Morgan fingerprint density at radius 1 is 1.80 bits per heavy atom. The predicted octanol–water partition coefficient (Wildman–Crippen LogP) is 0.214. The summed E-state index contributed by atoms with van der Waals surface area (Å²) in [7, 11) is 0. The highest BCUT2D eigenvalue weighted by Crippen LogP contribution is 2.05. The fourth-order valence-corrected chi connectivity index (χ4v) is 0.877. The Labute approximate surface area is 84.9 Å². The first-order chi connectivity index (χ1) is 7.20. The van der Waals surface area contributed by atoms with Crippen molar-refractivity contribution >= 4 is 11.8 Å². The number of ether oxygens (including phenoxy) is 1. The Morgan fingerprint density at radius 2 is 2.53 bits per heavy atom. The molecule has 0 aromatic carbocycles. The number of aromatic nitrogens is 2. The third kappa shape index (κ3) is 2.31. The number of aromatic amines is 1. The van der Waals surface area contributed by atoms with Crippen molar-refractivity contribution in [1.82, 2.24) is 9.97 Å². The van der Waals surface area contributed by atoms with Gasteiger partial charge in [-0.3, -0.25) is 4.79 Å². The zero-order chi connectivity index (χ0) is 11.3. The zero-order valence-electron chi connectivity index (χ0n) is 7.93. The van der Waals surface area contributed by atoms with Gasteiger partial charge in [-0.25, -0.2) is 9.78 Å². The molecule has 1 rings (SSSR count). The van der Waals surface area contributed by atoms with E-state index in [-0.39, 0.29) is 12.3 Å². The Kier molecular flexibility index (Phi) is 3.40. The van der Waals surface area contributed by atoms with Crippen molar-refractivity contribution in [3.05, 3.63) is 22.9 Å². The normalized spacial score (nSPS) is 9.07. The number of anilines is 1. The van der Waals surface area contributed by atoms with Crippen molar-refractivity contribution in [2.45, 2.75) is 6.92 Å². The monoisotopic (exact) mass is 208 g/mol. The minimum absolute atomic E-state index is 0.120. The molecule has 1 aromatic heterocycles. The second-order valence-electron chi connectivity index (χ2n) is 2.40. The van der Waals surface area contributed by atoms with Crippen LogP contribution in [0.3, 0.4) is 0 Å². The van der Waals surface area contributed by atoms with Crippen LogP contribution in [0.5, 0.6) is 0 Å². The van der Waals surface area contributed by atoms with Crippen LogP contribution in [-0.2, 0) is 4.74 Å². The predicted molar refractivity (Wildman–Crippen MR) is 50.0 cm³/mol. The lowest BCUT2D eigenvalue weighted by molar-refractivity contribution is 0.162. The summed E-state index contributed by atoms with van der Waals surface area (Å²) in [6, 6.07) is 0. The van der Waals surface area contributed by atoms with Crippen LogP contribution in [0.25, 0.3) is 0 Å². The van der Waals surface area contributed by atoms with Crippen LogP contribution in [-0.4, -0.2) is 22.7 Å². The summed E-state index contributed by atoms with van der Waals surface area (Å²) in [6.45, 7) is 1.72. The zero-order valence-corrected chi connectivity index (χ0v) is 7.93. The standard InChI is InChI=1S/C8H8N4O3/c1-2-15-8(14)12(4-9)6-3-10-5-11-7(6)13/h3,5H,2H2,1H3,(H,10,11,13). The molecule has 0 saturated heterocycles. The smallest absolute Gasteiger partial charge is 0.428 e. The molecular weight excluding hydrogens is 200 g/mol. The van der Waals surface area contributed by atoms with Crippen LogP contribution in [0.4, 0.5) is 10.5 Å². The summed E-state index contributed by atoms with van der Waals surface area (Å²) in [5.74, 6) is 0. The maximum atomic E-state index is 11.2. The molecule has 0 saturated carbocycles. The van der Waals surface area contributed by atoms with E-state index in [1.807, 2.05) is 0 Å². The summed E-state index contributed by atoms with van der Waals surface area (Å²) >= 11 is 0. The summed E-state index contributed by atoms with van der Waals surface area (Å²) < 4.78 is 4.59. The molecule has 1 heterocycles. The van der Waals surface area contributed by atoms with E-state index in [1.54, 1.807) is 13.1 Å². The maximum Gasteiger partial charge on any atom is 0.428 e. The van der Waals surface area contributed by atoms with Crippen molar-refractivity contribution in [2.75, 3.05) is 11.5 Å². The molecule has 1 amide bonds. The molecule has 0 fully saturated rings. The fraction of sp³-hybridized carbons (Fsp3) is 0.250. The highest BCUT2D eigenvalue weighted by atomic mass is 16.6. The molecule has 0 unspecified atom stereocenters. The summed E-state index contributed by atoms with van der Waals surface area (Å²) in [4.78, 5) is 28.8. The second kappa shape index (κ2) is 4.76. The van der Waals surface area contributed by atoms with E-state index in [4.69, 9.17) is 5.26 Å². The number of amides is 1. The van der Waals surface area contributed by atoms with Gasteiger partial charge in [0.15, 0.2) is 6.19 Å². The molecular formula is C8H8N4O3. The largest absolute Gasteiger partial charge is 0.449 e. The van der Waals surface area contributed by atoms with Gasteiger partial charge in [0.1, 0.15) is 5.69 Å². The lowest BCUT2D eigenvalue weighted by Gasteiger charge is -2.10. The topological polar surface area (TPSA) is 99.1 Å². The van der Waals surface area contributed by atoms with E-state index < -0.39 is 11.7 Å². The van der Waals surface area contributed by atoms with Gasteiger partial charge in [0, 0.05) is 0 Å². The van der Waals surface area contributed by atoms with E-state index in [9.17, 15) is 9.59 Å². The quantitative estimate of drug-likeness (QED) is 0.553. The molecule has 7 nitrogen and oxygen atoms in total. The van der Waals surface area contributed by atoms with Gasteiger partial charge in [0.25, 0.3) is 5.56 Å². The molecule has 0 aliphatic rings. The van der Waals surface area contributed by atoms with Crippen molar-refractivity contribution in [3.8, 4) is 6.19 Å². The van der Waals surface area contributed by atoms with Gasteiger partial charge < -0.3 is 9.72 Å². The molecule has 78 valence electrons. The van der Waals surface area contributed by atoms with Gasteiger partial charge in [0.05, 0.1) is 19.1 Å². The SMILES string of the molecule is CCOC(=O)N(C#N)c1cnc[nH]c1=O. The van der Waals surface area contributed by atoms with Crippen molar-refractivity contribution < 1.29 is 9.53 Å². The highest BCUT2D eigenvalue weighted by molar-refractivity contribution is 5.89. The molecule has 0 atom stereocenters. The van der Waals surface area contributed by atoms with E-state index in [0.29, 0.717) is 4.90 Å². The van der Waals surface area contributed by atoms with Crippen molar-refractivity contribution in [3.63, 3.8) is 0 Å². The molecule has 7 heteroatoms. The number of carbonyl (C=O) groups excluding carboxylic acids is 1. The van der Waals surface area contributed by atoms with Crippen LogP contribution in [0.1, 0.15) is 6.92 Å². The summed E-state index contributed by atoms with van der Waals surface area (Å²) in [6.07, 6.45) is 2.91. The number of carbonyl (C=O) groups is 1. The van der Waals surface area contributed by atoms with Gasteiger partial charge in [-0.1, -0.05) is 0 Å². The molecule has 0 spiro atoms. The van der Waals surface area contributed by atoms with E-state index in [0.717, 1.165) is 12.5 Å². The summed E-state index contributed by atoms with van der Waals surface area (Å²) in [5.41, 5.74) is -0.752. The van der Waals surface area contributed by atoms with Crippen LogP contribution >= 0.6 is 0 Å². The number of nitriles is 1. The molecule has 0 aliphatic carbocycles. The second-order valence-corrected chi connectivity index (χ2v) is 2.40. The first kappa shape index (κ1) is 10.7. The number of H-pyrrole nitrogens is 1. The summed E-state index contributed by atoms with van der Waals surface area (Å²) in [5, 5.41) is 8.70. The number of hydrogen-bond donors (Lipinski definition) is 1. The van der Waals surface area contributed by atoms with Gasteiger partial charge in [-0.2, -0.15) is 10.2 Å². The first-order valence-electron chi connectivity index (χ1n) is 4.10. The van der Waals surface area contributed by atoms with E-state index in [1.165, 1.54) is 0 Å². The third-order valence-corrected chi connectivity index (χ3v) is 1.49. The van der Waals surface area contributed by atoms with Crippen LogP contribution in [0.15, 0.2) is 17.3 Å². The molecule has 0 bridgehead atoms. The van der Waals surface area contributed by atoms with Gasteiger partial charge >= 0.3 is 6.09 Å². The van der Waals surface area contributed by atoms with Crippen molar-refractivity contribution in [1.29, 1.82) is 5.26 Å². The van der Waals surface area contributed by atoms with Crippen LogP contribution in [0, 0.1) is 11.5 Å². The van der Waals surface area contributed by atoms with E-state index in [2.05, 4.69) is 14.7 Å². The maximum absolute atomic E-state index is 11.2. The number of rotatable bonds is 2. The van der Waals surface area contributed by atoms with Crippen molar-refractivity contribution in [2.24, 2.45) is 0 Å². The van der Waals surface area contributed by atoms with Crippen LogP contribution in [0.2, 0.25) is 0 Å². The van der Waals surface area contributed by atoms with Crippen LogP contribution < -0.4 is 10.5 Å².